The molecule has 0 aliphatic heterocycles. The Kier molecular flexibility index (Phi) is 6.65. The molecule has 23 heavy (non-hydrogen) atoms. The second-order valence-electron chi connectivity index (χ2n) is 4.76. The van der Waals surface area contributed by atoms with Crippen molar-refractivity contribution < 1.29 is 14.3 Å². The van der Waals surface area contributed by atoms with Gasteiger partial charge in [-0.3, -0.25) is 4.79 Å². The summed E-state index contributed by atoms with van der Waals surface area (Å²) in [6.45, 7) is 5.02. The minimum absolute atomic E-state index is 0.0209. The fourth-order valence-electron chi connectivity index (χ4n) is 2.10. The van der Waals surface area contributed by atoms with Crippen LogP contribution in [0.5, 0.6) is 11.5 Å². The van der Waals surface area contributed by atoms with E-state index in [2.05, 4.69) is 22.6 Å². The summed E-state index contributed by atoms with van der Waals surface area (Å²) >= 11 is 2.22. The molecule has 4 heteroatoms. The van der Waals surface area contributed by atoms with Gasteiger partial charge in [-0.25, -0.2) is 0 Å². The number of ether oxygens (including phenoxy) is 2. The van der Waals surface area contributed by atoms with Gasteiger partial charge in [0.25, 0.3) is 0 Å². The third-order valence-electron chi connectivity index (χ3n) is 3.11. The second-order valence-corrected chi connectivity index (χ2v) is 5.92. The summed E-state index contributed by atoms with van der Waals surface area (Å²) in [5, 5.41) is 0. The van der Waals surface area contributed by atoms with Gasteiger partial charge in [-0.1, -0.05) is 36.4 Å². The molecule has 0 aliphatic rings. The first kappa shape index (κ1) is 17.5. The highest BCUT2D eigenvalue weighted by Crippen LogP contribution is 2.34. The highest BCUT2D eigenvalue weighted by molar-refractivity contribution is 14.1. The highest BCUT2D eigenvalue weighted by Gasteiger charge is 2.11. The number of rotatable bonds is 7. The SMILES string of the molecule is CCOc1cc(/C=C/C(=O)c2ccccc2)cc(I)c1OCC. The Bertz CT molecular complexity index is 693. The third-order valence-corrected chi connectivity index (χ3v) is 3.91. The van der Waals surface area contributed by atoms with Crippen molar-refractivity contribution in [2.24, 2.45) is 0 Å². The van der Waals surface area contributed by atoms with E-state index in [1.807, 2.05) is 44.2 Å². The number of hydrogen-bond donors (Lipinski definition) is 0. The standard InChI is InChI=1S/C19H19IO3/c1-3-22-18-13-14(12-16(20)19(18)23-4-2)10-11-17(21)15-8-6-5-7-9-15/h5-13H,3-4H2,1-2H3/b11-10+. The number of benzene rings is 2. The fraction of sp³-hybridized carbons (Fsp3) is 0.211. The van der Waals surface area contributed by atoms with Crippen molar-refractivity contribution in [2.45, 2.75) is 13.8 Å². The smallest absolute Gasteiger partial charge is 0.185 e. The molecule has 2 aromatic rings. The summed E-state index contributed by atoms with van der Waals surface area (Å²) in [5.41, 5.74) is 1.58. The molecule has 3 nitrogen and oxygen atoms in total. The molecule has 0 fully saturated rings. The maximum Gasteiger partial charge on any atom is 0.185 e. The number of carbonyl (C=O) groups is 1. The van der Waals surface area contributed by atoms with Gasteiger partial charge in [0, 0.05) is 5.56 Å². The molecular formula is C19H19IO3. The molecule has 0 bridgehead atoms. The van der Waals surface area contributed by atoms with Gasteiger partial charge in [0.1, 0.15) is 0 Å². The molecule has 120 valence electrons. The van der Waals surface area contributed by atoms with E-state index in [0.29, 0.717) is 24.5 Å². The second kappa shape index (κ2) is 8.72. The molecule has 2 rings (SSSR count). The average molecular weight is 422 g/mol. The van der Waals surface area contributed by atoms with Crippen molar-refractivity contribution >= 4 is 34.5 Å². The van der Waals surface area contributed by atoms with E-state index in [-0.39, 0.29) is 5.78 Å². The van der Waals surface area contributed by atoms with E-state index in [1.54, 1.807) is 24.3 Å². The normalized spacial score (nSPS) is 10.7. The lowest BCUT2D eigenvalue weighted by atomic mass is 10.1. The number of allylic oxidation sites excluding steroid dienone is 1. The van der Waals surface area contributed by atoms with Gasteiger partial charge in [-0.05, 0) is 60.2 Å². The summed E-state index contributed by atoms with van der Waals surface area (Å²) in [7, 11) is 0. The van der Waals surface area contributed by atoms with Crippen LogP contribution < -0.4 is 9.47 Å². The maximum atomic E-state index is 12.1. The maximum absolute atomic E-state index is 12.1. The van der Waals surface area contributed by atoms with Crippen molar-refractivity contribution in [3.8, 4) is 11.5 Å². The zero-order valence-corrected chi connectivity index (χ0v) is 15.4. The molecule has 0 radical (unpaired) electrons. The molecule has 0 heterocycles. The van der Waals surface area contributed by atoms with Crippen molar-refractivity contribution in [3.05, 3.63) is 63.2 Å². The van der Waals surface area contributed by atoms with Crippen LogP contribution in [0.2, 0.25) is 0 Å². The Morgan fingerprint density at radius 2 is 1.78 bits per heavy atom. The molecule has 0 unspecified atom stereocenters. The summed E-state index contributed by atoms with van der Waals surface area (Å²) in [6.07, 6.45) is 3.38. The molecule has 0 spiro atoms. The number of carbonyl (C=O) groups excluding carboxylic acids is 1. The van der Waals surface area contributed by atoms with Crippen molar-refractivity contribution in [1.29, 1.82) is 0 Å². The summed E-state index contributed by atoms with van der Waals surface area (Å²) < 4.78 is 12.3. The van der Waals surface area contributed by atoms with Crippen LogP contribution in [-0.2, 0) is 0 Å². The molecule has 0 amide bonds. The van der Waals surface area contributed by atoms with Gasteiger partial charge in [0.2, 0.25) is 0 Å². The lowest BCUT2D eigenvalue weighted by Gasteiger charge is -2.13. The van der Waals surface area contributed by atoms with Gasteiger partial charge in [0.15, 0.2) is 17.3 Å². The number of halogens is 1. The molecule has 0 saturated carbocycles. The molecule has 0 aromatic heterocycles. The lowest BCUT2D eigenvalue weighted by Crippen LogP contribution is -2.01. The van der Waals surface area contributed by atoms with Gasteiger partial charge in [0.05, 0.1) is 16.8 Å². The lowest BCUT2D eigenvalue weighted by molar-refractivity contribution is 0.104. The van der Waals surface area contributed by atoms with E-state index in [9.17, 15) is 4.79 Å². The van der Waals surface area contributed by atoms with Crippen LogP contribution in [0.25, 0.3) is 6.08 Å². The first-order valence-corrected chi connectivity index (χ1v) is 8.60. The van der Waals surface area contributed by atoms with Crippen LogP contribution in [0.4, 0.5) is 0 Å². The summed E-state index contributed by atoms with van der Waals surface area (Å²) in [4.78, 5) is 12.1. The number of ketones is 1. The van der Waals surface area contributed by atoms with Gasteiger partial charge >= 0.3 is 0 Å². The molecule has 0 saturated heterocycles. The molecule has 0 aliphatic carbocycles. The Labute approximate surface area is 150 Å². The van der Waals surface area contributed by atoms with E-state index < -0.39 is 0 Å². The minimum Gasteiger partial charge on any atom is -0.490 e. The van der Waals surface area contributed by atoms with Crippen molar-refractivity contribution in [3.63, 3.8) is 0 Å². The molecule has 0 N–H and O–H groups in total. The zero-order chi connectivity index (χ0) is 16.7. The van der Waals surface area contributed by atoms with Crippen LogP contribution >= 0.6 is 22.6 Å². The molecule has 0 atom stereocenters. The van der Waals surface area contributed by atoms with Crippen LogP contribution in [0.3, 0.4) is 0 Å². The summed E-state index contributed by atoms with van der Waals surface area (Å²) in [6, 6.07) is 13.1. The predicted octanol–water partition coefficient (Wildman–Crippen LogP) is 4.98. The third kappa shape index (κ3) is 4.82. The zero-order valence-electron chi connectivity index (χ0n) is 13.2. The topological polar surface area (TPSA) is 35.5 Å². The summed E-state index contributed by atoms with van der Waals surface area (Å²) in [5.74, 6) is 1.43. The van der Waals surface area contributed by atoms with E-state index in [1.165, 1.54) is 0 Å². The number of hydrogen-bond acceptors (Lipinski definition) is 3. The van der Waals surface area contributed by atoms with Crippen LogP contribution in [0.15, 0.2) is 48.5 Å². The monoisotopic (exact) mass is 422 g/mol. The predicted molar refractivity (Wildman–Crippen MR) is 101 cm³/mol. The van der Waals surface area contributed by atoms with Gasteiger partial charge in [-0.15, -0.1) is 0 Å². The fourth-order valence-corrected chi connectivity index (χ4v) is 2.88. The first-order chi connectivity index (χ1) is 11.2. The highest BCUT2D eigenvalue weighted by atomic mass is 127. The van der Waals surface area contributed by atoms with E-state index in [4.69, 9.17) is 9.47 Å². The molecule has 2 aromatic carbocycles. The minimum atomic E-state index is -0.0209. The van der Waals surface area contributed by atoms with Gasteiger partial charge < -0.3 is 9.47 Å². The van der Waals surface area contributed by atoms with Gasteiger partial charge in [-0.2, -0.15) is 0 Å². The first-order valence-electron chi connectivity index (χ1n) is 7.52. The van der Waals surface area contributed by atoms with Crippen molar-refractivity contribution in [1.82, 2.24) is 0 Å². The molecular weight excluding hydrogens is 403 g/mol. The Morgan fingerprint density at radius 3 is 2.43 bits per heavy atom. The largest absolute Gasteiger partial charge is 0.490 e. The Hall–Kier alpha value is -1.82. The Morgan fingerprint density at radius 1 is 1.09 bits per heavy atom. The van der Waals surface area contributed by atoms with Crippen molar-refractivity contribution in [2.75, 3.05) is 13.2 Å². The van der Waals surface area contributed by atoms with E-state index >= 15 is 0 Å². The van der Waals surface area contributed by atoms with E-state index in [0.717, 1.165) is 14.9 Å². The van der Waals surface area contributed by atoms with Crippen LogP contribution in [-0.4, -0.2) is 19.0 Å². The Balaban J connectivity index is 2.26. The van der Waals surface area contributed by atoms with Crippen LogP contribution in [0, 0.1) is 3.57 Å². The quantitative estimate of drug-likeness (QED) is 0.359. The van der Waals surface area contributed by atoms with Crippen LogP contribution in [0.1, 0.15) is 29.8 Å². The average Bonchev–Trinajstić information content (AvgIpc) is 2.57.